The molecule has 322 valence electrons. The van der Waals surface area contributed by atoms with Gasteiger partial charge in [-0.1, -0.05) is 59.7 Å². The van der Waals surface area contributed by atoms with Gasteiger partial charge >= 0.3 is 0 Å². The normalized spacial score (nSPS) is 11.3. The number of nitrogens with zero attached hydrogens (tertiary/aromatic N) is 7. The van der Waals surface area contributed by atoms with Crippen molar-refractivity contribution >= 4 is 39.7 Å². The number of hydrogen-bond acceptors (Lipinski definition) is 13. The monoisotopic (exact) mass is 905 g/mol. The lowest BCUT2D eigenvalue weighted by Gasteiger charge is -2.18. The fourth-order valence-electron chi connectivity index (χ4n) is 7.43. The number of phenolic OH excluding ortho intramolecular Hbond substituents is 1. The predicted molar refractivity (Wildman–Crippen MR) is 244 cm³/mol. The van der Waals surface area contributed by atoms with Crippen molar-refractivity contribution in [2.24, 2.45) is 0 Å². The molecule has 0 aliphatic rings. The van der Waals surface area contributed by atoms with E-state index in [-0.39, 0.29) is 60.8 Å². The molecule has 0 bridgehead atoms. The molecule has 4 aromatic heterocycles. The Morgan fingerprint density at radius 1 is 0.554 bits per heavy atom. The molecule has 20 heteroatoms. The summed E-state index contributed by atoms with van der Waals surface area (Å²) >= 11 is 2.24. The second kappa shape index (κ2) is 16.6. The van der Waals surface area contributed by atoms with Crippen molar-refractivity contribution in [1.29, 1.82) is 0 Å². The van der Waals surface area contributed by atoms with Crippen LogP contribution in [-0.2, 0) is 0 Å². The van der Waals surface area contributed by atoms with Crippen LogP contribution in [-0.4, -0.2) is 49.4 Å². The lowest BCUT2D eigenvalue weighted by Crippen LogP contribution is -2.25. The number of aryl methyl sites for hydroxylation is 2. The zero-order chi connectivity index (χ0) is 45.7. The Bertz CT molecular complexity index is 3240. The fourth-order valence-corrected chi connectivity index (χ4v) is 9.02. The number of benzene rings is 5. The van der Waals surface area contributed by atoms with Crippen molar-refractivity contribution in [2.75, 3.05) is 0 Å². The smallest absolute Gasteiger partial charge is 0.278 e. The van der Waals surface area contributed by atoms with Crippen molar-refractivity contribution in [3.8, 4) is 61.0 Å². The van der Waals surface area contributed by atoms with Gasteiger partial charge in [-0.25, -0.2) is 9.97 Å². The first-order chi connectivity index (χ1) is 31.2. The number of phenols is 1. The zero-order valence-corrected chi connectivity index (χ0v) is 35.5. The van der Waals surface area contributed by atoms with Gasteiger partial charge in [0, 0.05) is 75.0 Å². The van der Waals surface area contributed by atoms with Gasteiger partial charge in [-0.3, -0.25) is 50.1 Å². The fraction of sp³-hybridized carbons (Fsp3) is 0.0667. The minimum Gasteiger partial charge on any atom is -0.508 e. The van der Waals surface area contributed by atoms with Crippen LogP contribution in [0, 0.1) is 44.2 Å². The summed E-state index contributed by atoms with van der Waals surface area (Å²) in [6.07, 6.45) is 0. The predicted octanol–water partition coefficient (Wildman–Crippen LogP) is 9.45. The van der Waals surface area contributed by atoms with E-state index in [0.29, 0.717) is 11.4 Å². The Balaban J connectivity index is 1.35. The molecule has 9 rings (SSSR count). The van der Waals surface area contributed by atoms with Crippen molar-refractivity contribution in [3.05, 3.63) is 205 Å². The minimum absolute atomic E-state index is 0.0330. The molecular formula is C45H31N9O9S2. The van der Waals surface area contributed by atoms with E-state index in [9.17, 15) is 35.4 Å². The highest BCUT2D eigenvalue weighted by atomic mass is 32.1. The third-order valence-electron chi connectivity index (χ3n) is 10.8. The van der Waals surface area contributed by atoms with Crippen molar-refractivity contribution in [3.63, 3.8) is 0 Å². The van der Waals surface area contributed by atoms with Crippen molar-refractivity contribution in [1.82, 2.24) is 29.5 Å². The molecule has 5 aromatic carbocycles. The van der Waals surface area contributed by atoms with Crippen LogP contribution in [0.5, 0.6) is 5.75 Å². The first-order valence-electron chi connectivity index (χ1n) is 19.5. The Hall–Kier alpha value is -8.62. The van der Waals surface area contributed by atoms with Gasteiger partial charge < -0.3 is 5.11 Å². The highest BCUT2D eigenvalue weighted by molar-refractivity contribution is 7.12. The Labute approximate surface area is 373 Å². The van der Waals surface area contributed by atoms with Crippen molar-refractivity contribution < 1.29 is 19.9 Å². The van der Waals surface area contributed by atoms with E-state index >= 15 is 9.59 Å². The van der Waals surface area contributed by atoms with Crippen LogP contribution in [0.3, 0.4) is 0 Å². The molecule has 18 nitrogen and oxygen atoms in total. The molecule has 0 aliphatic heterocycles. The number of nitrogens with one attached hydrogen (secondary N) is 2. The van der Waals surface area contributed by atoms with E-state index in [4.69, 9.17) is 9.97 Å². The van der Waals surface area contributed by atoms with Gasteiger partial charge in [-0.15, -0.1) is 22.7 Å². The number of aromatic amines is 2. The quantitative estimate of drug-likeness (QED) is 0.0769. The van der Waals surface area contributed by atoms with E-state index < -0.39 is 43.2 Å². The van der Waals surface area contributed by atoms with E-state index in [1.165, 1.54) is 48.5 Å². The van der Waals surface area contributed by atoms with E-state index in [2.05, 4.69) is 10.2 Å². The second-order valence-electron chi connectivity index (χ2n) is 14.9. The topological polar surface area (TPSA) is 251 Å². The molecule has 0 aliphatic carbocycles. The van der Waals surface area contributed by atoms with Crippen LogP contribution in [0.15, 0.2) is 136 Å². The van der Waals surface area contributed by atoms with Gasteiger partial charge in [-0.05, 0) is 44.2 Å². The summed E-state index contributed by atoms with van der Waals surface area (Å²) in [6.45, 7) is 3.88. The number of nitro groups is 3. The van der Waals surface area contributed by atoms with E-state index in [1.54, 1.807) is 10.8 Å². The highest BCUT2D eigenvalue weighted by Crippen LogP contribution is 2.43. The average molecular weight is 906 g/mol. The second-order valence-corrected chi connectivity index (χ2v) is 16.6. The summed E-state index contributed by atoms with van der Waals surface area (Å²) in [7, 11) is 0. The number of H-pyrrole nitrogens is 2. The van der Waals surface area contributed by atoms with Gasteiger partial charge in [0.05, 0.1) is 54.6 Å². The zero-order valence-electron chi connectivity index (χ0n) is 33.9. The molecule has 4 heterocycles. The number of aromatic nitrogens is 6. The van der Waals surface area contributed by atoms with Crippen LogP contribution < -0.4 is 11.1 Å². The molecule has 0 amide bonds. The van der Waals surface area contributed by atoms with Gasteiger partial charge in [0.2, 0.25) is 10.3 Å². The molecule has 3 N–H and O–H groups in total. The maximum Gasteiger partial charge on any atom is 0.278 e. The average Bonchev–Trinajstić information content (AvgIpc) is 4.12. The molecule has 0 radical (unpaired) electrons. The molecule has 0 atom stereocenters. The Kier molecular flexibility index (Phi) is 10.6. The van der Waals surface area contributed by atoms with E-state index in [0.717, 1.165) is 72.5 Å². The van der Waals surface area contributed by atoms with Gasteiger partial charge in [0.1, 0.15) is 5.75 Å². The van der Waals surface area contributed by atoms with Crippen LogP contribution >= 0.6 is 22.7 Å². The van der Waals surface area contributed by atoms with Crippen LogP contribution in [0.25, 0.3) is 55.3 Å². The summed E-state index contributed by atoms with van der Waals surface area (Å²) in [5.74, 6) is -2.16. The number of rotatable bonds is 12. The number of aromatic hydroxyl groups is 1. The van der Waals surface area contributed by atoms with E-state index in [1.807, 2.05) is 62.4 Å². The Morgan fingerprint density at radius 2 is 0.923 bits per heavy atom. The third-order valence-corrected chi connectivity index (χ3v) is 12.4. The maximum absolute atomic E-state index is 15.4. The van der Waals surface area contributed by atoms with Gasteiger partial charge in [0.25, 0.3) is 28.2 Å². The number of thiazole rings is 2. The standard InChI is InChI=1S/C45H31N9O9S2/c1-24-3-7-26(8-4-24)34-22-64-44(46-34)50-42(56)38(40(48-50)28-11-15-30(16-12-28)52(58)59)37(33-21-32(54(62)63)19-20-36(33)55)39-41(29-13-17-31(18-14-29)53(60)61)49-51(43(39)57)45-47-35(23-65-45)27-9-5-25(2)6-10-27/h3-23,37,48-49,55H,1-2H3. The number of hydrogen-bond donors (Lipinski definition) is 3. The molecule has 0 saturated heterocycles. The van der Waals surface area contributed by atoms with Crippen LogP contribution in [0.2, 0.25) is 0 Å². The number of non-ortho nitro benzene ring substituents is 3. The van der Waals surface area contributed by atoms with Gasteiger partial charge in [0.15, 0.2) is 0 Å². The number of nitro benzene ring substituents is 3. The Morgan fingerprint density at radius 3 is 1.31 bits per heavy atom. The largest absolute Gasteiger partial charge is 0.508 e. The van der Waals surface area contributed by atoms with Crippen LogP contribution in [0.4, 0.5) is 17.1 Å². The molecule has 9 aromatic rings. The lowest BCUT2D eigenvalue weighted by atomic mass is 9.82. The lowest BCUT2D eigenvalue weighted by molar-refractivity contribution is -0.385. The van der Waals surface area contributed by atoms with Gasteiger partial charge in [-0.2, -0.15) is 9.36 Å². The molecular weight excluding hydrogens is 875 g/mol. The first kappa shape index (κ1) is 41.7. The SMILES string of the molecule is Cc1ccc(-c2csc(-n3[nH]c(-c4ccc([N+](=O)[O-])cc4)c(C(c4cc([N+](=O)[O-])ccc4O)c4c(-c5ccc([N+](=O)[O-])cc5)[nH]n(-c5nc(-c6ccc(C)cc6)cs5)c4=O)c3=O)n2)cc1. The summed E-state index contributed by atoms with van der Waals surface area (Å²) in [6, 6.07) is 28.9. The first-order valence-corrected chi connectivity index (χ1v) is 21.2. The molecule has 0 spiro atoms. The summed E-state index contributed by atoms with van der Waals surface area (Å²) in [5, 5.41) is 57.6. The van der Waals surface area contributed by atoms with Crippen molar-refractivity contribution in [2.45, 2.75) is 19.8 Å². The highest BCUT2D eigenvalue weighted by Gasteiger charge is 2.37. The minimum atomic E-state index is -1.65. The summed E-state index contributed by atoms with van der Waals surface area (Å²) < 4.78 is 2.28. The maximum atomic E-state index is 15.4. The summed E-state index contributed by atoms with van der Waals surface area (Å²) in [4.78, 5) is 74.2. The molecule has 0 saturated carbocycles. The third kappa shape index (κ3) is 7.78. The summed E-state index contributed by atoms with van der Waals surface area (Å²) in [5.41, 5.74) is 2.03. The van der Waals surface area contributed by atoms with Crippen LogP contribution in [0.1, 0.15) is 33.7 Å². The molecule has 0 fully saturated rings. The molecule has 0 unspecified atom stereocenters. The molecule has 65 heavy (non-hydrogen) atoms.